The van der Waals surface area contributed by atoms with Gasteiger partial charge in [-0.25, -0.2) is 9.37 Å². The number of nitrogens with zero attached hydrogens (tertiary/aromatic N) is 1. The normalized spacial score (nSPS) is 12.0. The Hall–Kier alpha value is -1.72. The topological polar surface area (TPSA) is 42.0 Å². The SMILES string of the molecule is CC(NC(=O)c1ccnc(F)c1F)c1ccc(Cl)cc1Cl. The molecule has 110 valence electrons. The zero-order valence-corrected chi connectivity index (χ0v) is 12.3. The summed E-state index contributed by atoms with van der Waals surface area (Å²) in [7, 11) is 0. The van der Waals surface area contributed by atoms with Gasteiger partial charge in [0, 0.05) is 16.2 Å². The molecular formula is C14H10Cl2F2N2O. The fourth-order valence-corrected chi connectivity index (χ4v) is 2.37. The van der Waals surface area contributed by atoms with Crippen molar-refractivity contribution in [2.75, 3.05) is 0 Å². The minimum Gasteiger partial charge on any atom is -0.345 e. The summed E-state index contributed by atoms with van der Waals surface area (Å²) in [5, 5.41) is 3.37. The van der Waals surface area contributed by atoms with E-state index in [1.807, 2.05) is 0 Å². The average molecular weight is 331 g/mol. The maximum atomic E-state index is 13.5. The van der Waals surface area contributed by atoms with Gasteiger partial charge in [0.2, 0.25) is 5.95 Å². The van der Waals surface area contributed by atoms with Gasteiger partial charge in [0.15, 0.2) is 5.82 Å². The first-order chi connectivity index (χ1) is 9.90. The van der Waals surface area contributed by atoms with Crippen LogP contribution in [0, 0.1) is 11.8 Å². The molecule has 1 unspecified atom stereocenters. The van der Waals surface area contributed by atoms with Crippen LogP contribution >= 0.6 is 23.2 Å². The second-order valence-electron chi connectivity index (χ2n) is 4.32. The van der Waals surface area contributed by atoms with Gasteiger partial charge >= 0.3 is 0 Å². The lowest BCUT2D eigenvalue weighted by molar-refractivity contribution is 0.0934. The first-order valence-corrected chi connectivity index (χ1v) is 6.71. The van der Waals surface area contributed by atoms with Crippen molar-refractivity contribution in [1.82, 2.24) is 10.3 Å². The number of hydrogen-bond acceptors (Lipinski definition) is 2. The van der Waals surface area contributed by atoms with Gasteiger partial charge in [-0.3, -0.25) is 4.79 Å². The minimum atomic E-state index is -1.32. The van der Waals surface area contributed by atoms with Gasteiger partial charge in [-0.05, 0) is 30.7 Å². The highest BCUT2D eigenvalue weighted by atomic mass is 35.5. The number of amides is 1. The number of carbonyl (C=O) groups excluding carboxylic acids is 1. The molecular weight excluding hydrogens is 321 g/mol. The van der Waals surface area contributed by atoms with Crippen LogP contribution in [0.2, 0.25) is 10.0 Å². The molecule has 1 N–H and O–H groups in total. The van der Waals surface area contributed by atoms with E-state index in [1.165, 1.54) is 6.07 Å². The van der Waals surface area contributed by atoms with Gasteiger partial charge < -0.3 is 5.32 Å². The summed E-state index contributed by atoms with van der Waals surface area (Å²) < 4.78 is 26.5. The van der Waals surface area contributed by atoms with Gasteiger partial charge in [0.05, 0.1) is 11.6 Å². The predicted molar refractivity (Wildman–Crippen MR) is 76.5 cm³/mol. The van der Waals surface area contributed by atoms with Crippen molar-refractivity contribution in [2.24, 2.45) is 0 Å². The van der Waals surface area contributed by atoms with Gasteiger partial charge in [-0.1, -0.05) is 29.3 Å². The Labute approximate surface area is 129 Å². The van der Waals surface area contributed by atoms with Crippen LogP contribution in [0.3, 0.4) is 0 Å². The van der Waals surface area contributed by atoms with E-state index in [0.717, 1.165) is 12.3 Å². The second kappa shape index (κ2) is 6.37. The Kier molecular flexibility index (Phi) is 4.75. The maximum absolute atomic E-state index is 13.5. The molecule has 0 spiro atoms. The molecule has 0 bridgehead atoms. The Morgan fingerprint density at radius 1 is 1.29 bits per heavy atom. The fourth-order valence-electron chi connectivity index (χ4n) is 1.80. The van der Waals surface area contributed by atoms with E-state index < -0.39 is 29.3 Å². The number of carbonyl (C=O) groups is 1. The third kappa shape index (κ3) is 3.49. The lowest BCUT2D eigenvalue weighted by atomic mass is 10.1. The Bertz CT molecular complexity index is 695. The first-order valence-electron chi connectivity index (χ1n) is 5.96. The minimum absolute atomic E-state index is 0.372. The average Bonchev–Trinajstić information content (AvgIpc) is 2.41. The molecule has 1 aromatic carbocycles. The van der Waals surface area contributed by atoms with E-state index in [0.29, 0.717) is 15.6 Å². The maximum Gasteiger partial charge on any atom is 0.254 e. The number of hydrogen-bond donors (Lipinski definition) is 1. The van der Waals surface area contributed by atoms with E-state index in [1.54, 1.807) is 19.1 Å². The molecule has 0 saturated carbocycles. The summed E-state index contributed by atoms with van der Waals surface area (Å²) in [6.45, 7) is 1.67. The summed E-state index contributed by atoms with van der Waals surface area (Å²) in [5.74, 6) is -3.36. The van der Waals surface area contributed by atoms with Crippen LogP contribution in [0.15, 0.2) is 30.5 Å². The number of benzene rings is 1. The molecule has 1 aromatic heterocycles. The number of nitrogens with one attached hydrogen (secondary N) is 1. The lowest BCUT2D eigenvalue weighted by Gasteiger charge is -2.16. The van der Waals surface area contributed by atoms with Crippen molar-refractivity contribution in [1.29, 1.82) is 0 Å². The van der Waals surface area contributed by atoms with E-state index in [4.69, 9.17) is 23.2 Å². The summed E-state index contributed by atoms with van der Waals surface area (Å²) in [4.78, 5) is 15.1. The van der Waals surface area contributed by atoms with E-state index in [9.17, 15) is 13.6 Å². The standard InChI is InChI=1S/C14H10Cl2F2N2O/c1-7(9-3-2-8(15)6-11(9)16)20-14(21)10-4-5-19-13(18)12(10)17/h2-7H,1H3,(H,20,21). The quantitative estimate of drug-likeness (QED) is 0.858. The Balaban J connectivity index is 2.21. The van der Waals surface area contributed by atoms with E-state index in [2.05, 4.69) is 10.3 Å². The molecule has 0 saturated heterocycles. The van der Waals surface area contributed by atoms with Crippen LogP contribution in [-0.2, 0) is 0 Å². The number of rotatable bonds is 3. The van der Waals surface area contributed by atoms with Crippen LogP contribution < -0.4 is 5.32 Å². The second-order valence-corrected chi connectivity index (χ2v) is 5.17. The lowest BCUT2D eigenvalue weighted by Crippen LogP contribution is -2.28. The molecule has 2 rings (SSSR count). The molecule has 1 atom stereocenters. The zero-order chi connectivity index (χ0) is 15.6. The third-order valence-corrected chi connectivity index (χ3v) is 3.43. The van der Waals surface area contributed by atoms with Crippen molar-refractivity contribution < 1.29 is 13.6 Å². The highest BCUT2D eigenvalue weighted by Gasteiger charge is 2.19. The molecule has 0 aliphatic rings. The number of aromatic nitrogens is 1. The van der Waals surface area contributed by atoms with Gasteiger partial charge in [-0.2, -0.15) is 4.39 Å². The van der Waals surface area contributed by atoms with Crippen LogP contribution in [-0.4, -0.2) is 10.9 Å². The highest BCUT2D eigenvalue weighted by Crippen LogP contribution is 2.26. The molecule has 1 heterocycles. The predicted octanol–water partition coefficient (Wildman–Crippen LogP) is 4.16. The van der Waals surface area contributed by atoms with Crippen molar-refractivity contribution in [3.8, 4) is 0 Å². The molecule has 3 nitrogen and oxygen atoms in total. The smallest absolute Gasteiger partial charge is 0.254 e. The molecule has 0 aliphatic carbocycles. The molecule has 21 heavy (non-hydrogen) atoms. The van der Waals surface area contributed by atoms with E-state index >= 15 is 0 Å². The van der Waals surface area contributed by atoms with E-state index in [-0.39, 0.29) is 0 Å². The van der Waals surface area contributed by atoms with Crippen LogP contribution in [0.4, 0.5) is 8.78 Å². The highest BCUT2D eigenvalue weighted by molar-refractivity contribution is 6.35. The third-order valence-electron chi connectivity index (χ3n) is 2.87. The van der Waals surface area contributed by atoms with Gasteiger partial charge in [-0.15, -0.1) is 0 Å². The molecule has 0 aliphatic heterocycles. The largest absolute Gasteiger partial charge is 0.345 e. The van der Waals surface area contributed by atoms with Crippen molar-refractivity contribution in [3.05, 3.63) is 63.4 Å². The summed E-state index contributed by atoms with van der Waals surface area (Å²) in [6, 6.07) is 5.41. The van der Waals surface area contributed by atoms with Crippen molar-refractivity contribution >= 4 is 29.1 Å². The molecule has 0 fully saturated rings. The molecule has 1 amide bonds. The number of halogens is 4. The van der Waals surface area contributed by atoms with Crippen LogP contribution in [0.1, 0.15) is 28.9 Å². The summed E-state index contributed by atoms with van der Waals surface area (Å²) >= 11 is 11.8. The van der Waals surface area contributed by atoms with Gasteiger partial charge in [0.25, 0.3) is 5.91 Å². The summed E-state index contributed by atoms with van der Waals surface area (Å²) in [5.41, 5.74) is 0.198. The van der Waals surface area contributed by atoms with Crippen molar-refractivity contribution in [2.45, 2.75) is 13.0 Å². The first kappa shape index (κ1) is 15.7. The monoisotopic (exact) mass is 330 g/mol. The zero-order valence-electron chi connectivity index (χ0n) is 10.8. The summed E-state index contributed by atoms with van der Waals surface area (Å²) in [6.07, 6.45) is 1.02. The van der Waals surface area contributed by atoms with Crippen LogP contribution in [0.5, 0.6) is 0 Å². The number of pyridine rings is 1. The molecule has 2 aromatic rings. The Morgan fingerprint density at radius 3 is 2.67 bits per heavy atom. The van der Waals surface area contributed by atoms with Crippen LogP contribution in [0.25, 0.3) is 0 Å². The van der Waals surface area contributed by atoms with Crippen molar-refractivity contribution in [3.63, 3.8) is 0 Å². The fraction of sp³-hybridized carbons (Fsp3) is 0.143. The molecule has 0 radical (unpaired) electrons. The van der Waals surface area contributed by atoms with Gasteiger partial charge in [0.1, 0.15) is 0 Å². The Morgan fingerprint density at radius 2 is 2.00 bits per heavy atom. The molecule has 7 heteroatoms.